The number of aryl methyl sites for hydroxylation is 1. The molecular weight excluding hydrogens is 208 g/mol. The Labute approximate surface area is 95.6 Å². The van der Waals surface area contributed by atoms with Gasteiger partial charge in [-0.15, -0.1) is 11.3 Å². The van der Waals surface area contributed by atoms with Crippen molar-refractivity contribution in [3.63, 3.8) is 0 Å². The molecule has 1 aromatic heterocycles. The third-order valence-corrected chi connectivity index (χ3v) is 3.43. The molecule has 1 aromatic rings. The van der Waals surface area contributed by atoms with Crippen LogP contribution < -0.4 is 11.3 Å². The van der Waals surface area contributed by atoms with Gasteiger partial charge < -0.3 is 4.74 Å². The molecule has 0 amide bonds. The molecular formula is C11H20N2OS. The summed E-state index contributed by atoms with van der Waals surface area (Å²) in [5.41, 5.74) is 4.20. The highest BCUT2D eigenvalue weighted by atomic mass is 32.1. The Balaban J connectivity index is 2.60. The molecule has 0 spiro atoms. The standard InChI is InChI=1S/C11H20N2OS/c1-8(7-14-3)6-11(13-12)10-4-5-15-9(10)2/h4-5,8,11,13H,6-7,12H2,1-3H3. The van der Waals surface area contributed by atoms with Crippen LogP contribution in [0.2, 0.25) is 0 Å². The van der Waals surface area contributed by atoms with Gasteiger partial charge in [0.25, 0.3) is 0 Å². The molecule has 0 aliphatic rings. The van der Waals surface area contributed by atoms with E-state index in [0.29, 0.717) is 5.92 Å². The van der Waals surface area contributed by atoms with Crippen LogP contribution >= 0.6 is 11.3 Å². The molecule has 1 rings (SSSR count). The molecule has 0 radical (unpaired) electrons. The summed E-state index contributed by atoms with van der Waals surface area (Å²) in [7, 11) is 1.73. The fraction of sp³-hybridized carbons (Fsp3) is 0.636. The molecule has 3 N–H and O–H groups in total. The van der Waals surface area contributed by atoms with Crippen molar-refractivity contribution in [3.8, 4) is 0 Å². The molecule has 0 saturated heterocycles. The van der Waals surface area contributed by atoms with Gasteiger partial charge in [-0.3, -0.25) is 11.3 Å². The van der Waals surface area contributed by atoms with Crippen molar-refractivity contribution in [2.75, 3.05) is 13.7 Å². The van der Waals surface area contributed by atoms with Crippen LogP contribution in [-0.2, 0) is 4.74 Å². The van der Waals surface area contributed by atoms with Crippen LogP contribution in [0.5, 0.6) is 0 Å². The fourth-order valence-electron chi connectivity index (χ4n) is 1.80. The summed E-state index contributed by atoms with van der Waals surface area (Å²) in [4.78, 5) is 1.34. The maximum Gasteiger partial charge on any atom is 0.0488 e. The molecule has 1 heterocycles. The minimum absolute atomic E-state index is 0.237. The van der Waals surface area contributed by atoms with Gasteiger partial charge in [0.1, 0.15) is 0 Å². The van der Waals surface area contributed by atoms with E-state index in [1.54, 1.807) is 18.4 Å². The quantitative estimate of drug-likeness (QED) is 0.580. The maximum atomic E-state index is 5.59. The van der Waals surface area contributed by atoms with Gasteiger partial charge in [-0.25, -0.2) is 0 Å². The first-order chi connectivity index (χ1) is 7.19. The molecule has 0 saturated carbocycles. The highest BCUT2D eigenvalue weighted by molar-refractivity contribution is 7.10. The predicted molar refractivity (Wildman–Crippen MR) is 64.8 cm³/mol. The molecule has 4 heteroatoms. The number of hydrogen-bond donors (Lipinski definition) is 2. The Kier molecular flexibility index (Phi) is 5.25. The van der Waals surface area contributed by atoms with Gasteiger partial charge in [0.05, 0.1) is 0 Å². The van der Waals surface area contributed by atoms with Crippen molar-refractivity contribution in [1.29, 1.82) is 0 Å². The second-order valence-corrected chi connectivity index (χ2v) is 5.07. The lowest BCUT2D eigenvalue weighted by molar-refractivity contribution is 0.149. The highest BCUT2D eigenvalue weighted by Crippen LogP contribution is 2.26. The average Bonchev–Trinajstić information content (AvgIpc) is 2.61. The first-order valence-electron chi connectivity index (χ1n) is 5.18. The summed E-state index contributed by atoms with van der Waals surface area (Å²) in [5, 5.41) is 2.11. The van der Waals surface area contributed by atoms with Crippen molar-refractivity contribution < 1.29 is 4.74 Å². The SMILES string of the molecule is COCC(C)CC(NN)c1ccsc1C. The van der Waals surface area contributed by atoms with Crippen LogP contribution in [0.1, 0.15) is 29.8 Å². The molecule has 3 nitrogen and oxygen atoms in total. The number of nitrogens with two attached hydrogens (primary N) is 1. The summed E-state index contributed by atoms with van der Waals surface area (Å²) in [6.45, 7) is 5.09. The zero-order valence-corrected chi connectivity index (χ0v) is 10.4. The van der Waals surface area contributed by atoms with E-state index in [1.165, 1.54) is 10.4 Å². The maximum absolute atomic E-state index is 5.59. The Morgan fingerprint density at radius 3 is 2.80 bits per heavy atom. The summed E-state index contributed by atoms with van der Waals surface area (Å²) in [6, 6.07) is 2.38. The largest absolute Gasteiger partial charge is 0.384 e. The number of hydrazine groups is 1. The molecule has 2 atom stereocenters. The molecule has 0 aliphatic carbocycles. The Hall–Kier alpha value is -0.420. The van der Waals surface area contributed by atoms with Crippen molar-refractivity contribution in [2.24, 2.45) is 11.8 Å². The molecule has 15 heavy (non-hydrogen) atoms. The van der Waals surface area contributed by atoms with E-state index in [0.717, 1.165) is 13.0 Å². The van der Waals surface area contributed by atoms with Gasteiger partial charge in [-0.05, 0) is 36.3 Å². The third-order valence-electron chi connectivity index (χ3n) is 2.56. The summed E-state index contributed by atoms with van der Waals surface area (Å²) in [5.74, 6) is 6.10. The van der Waals surface area contributed by atoms with E-state index in [-0.39, 0.29) is 6.04 Å². The number of rotatable bonds is 6. The first kappa shape index (κ1) is 12.6. The van der Waals surface area contributed by atoms with Crippen LogP contribution in [0.15, 0.2) is 11.4 Å². The monoisotopic (exact) mass is 228 g/mol. The number of ether oxygens (including phenoxy) is 1. The Morgan fingerprint density at radius 2 is 2.33 bits per heavy atom. The lowest BCUT2D eigenvalue weighted by Gasteiger charge is -2.20. The minimum atomic E-state index is 0.237. The molecule has 0 bridgehead atoms. The van der Waals surface area contributed by atoms with Crippen molar-refractivity contribution >= 4 is 11.3 Å². The third kappa shape index (κ3) is 3.57. The van der Waals surface area contributed by atoms with E-state index >= 15 is 0 Å². The van der Waals surface area contributed by atoms with E-state index in [2.05, 4.69) is 30.7 Å². The molecule has 0 fully saturated rings. The highest BCUT2D eigenvalue weighted by Gasteiger charge is 2.16. The predicted octanol–water partition coefficient (Wildman–Crippen LogP) is 2.23. The molecule has 86 valence electrons. The molecule has 0 aromatic carbocycles. The zero-order valence-electron chi connectivity index (χ0n) is 9.62. The van der Waals surface area contributed by atoms with Crippen LogP contribution in [0.4, 0.5) is 0 Å². The number of hydrogen-bond acceptors (Lipinski definition) is 4. The normalized spacial score (nSPS) is 15.2. The van der Waals surface area contributed by atoms with Crippen molar-refractivity contribution in [2.45, 2.75) is 26.3 Å². The number of thiophene rings is 1. The van der Waals surface area contributed by atoms with E-state index in [1.807, 2.05) is 0 Å². The Morgan fingerprint density at radius 1 is 1.60 bits per heavy atom. The van der Waals surface area contributed by atoms with Gasteiger partial charge >= 0.3 is 0 Å². The van der Waals surface area contributed by atoms with Gasteiger partial charge in [0.2, 0.25) is 0 Å². The summed E-state index contributed by atoms with van der Waals surface area (Å²) >= 11 is 1.76. The van der Waals surface area contributed by atoms with Crippen LogP contribution in [0.25, 0.3) is 0 Å². The molecule has 2 unspecified atom stereocenters. The van der Waals surface area contributed by atoms with Gasteiger partial charge in [0.15, 0.2) is 0 Å². The first-order valence-corrected chi connectivity index (χ1v) is 6.06. The molecule has 0 aliphatic heterocycles. The lowest BCUT2D eigenvalue weighted by Crippen LogP contribution is -2.30. The number of nitrogens with one attached hydrogen (secondary N) is 1. The smallest absolute Gasteiger partial charge is 0.0488 e. The summed E-state index contributed by atoms with van der Waals surface area (Å²) in [6.07, 6.45) is 1.00. The van der Waals surface area contributed by atoms with Crippen molar-refractivity contribution in [3.05, 3.63) is 21.9 Å². The average molecular weight is 228 g/mol. The minimum Gasteiger partial charge on any atom is -0.384 e. The van der Waals surface area contributed by atoms with Gasteiger partial charge in [0, 0.05) is 24.6 Å². The second-order valence-electron chi connectivity index (χ2n) is 3.95. The van der Waals surface area contributed by atoms with Gasteiger partial charge in [-0.1, -0.05) is 6.92 Å². The van der Waals surface area contributed by atoms with Crippen molar-refractivity contribution in [1.82, 2.24) is 5.43 Å². The van der Waals surface area contributed by atoms with Gasteiger partial charge in [-0.2, -0.15) is 0 Å². The summed E-state index contributed by atoms with van der Waals surface area (Å²) < 4.78 is 5.13. The fourth-order valence-corrected chi connectivity index (χ4v) is 2.56. The van der Waals surface area contributed by atoms with E-state index < -0.39 is 0 Å². The van der Waals surface area contributed by atoms with Crippen LogP contribution in [0.3, 0.4) is 0 Å². The van der Waals surface area contributed by atoms with Crippen LogP contribution in [-0.4, -0.2) is 13.7 Å². The Bertz CT molecular complexity index is 288. The van der Waals surface area contributed by atoms with E-state index in [4.69, 9.17) is 10.6 Å². The topological polar surface area (TPSA) is 47.3 Å². The van der Waals surface area contributed by atoms with Crippen LogP contribution in [0, 0.1) is 12.8 Å². The lowest BCUT2D eigenvalue weighted by atomic mass is 9.97. The second kappa shape index (κ2) is 6.23. The number of methoxy groups -OCH3 is 1. The van der Waals surface area contributed by atoms with E-state index in [9.17, 15) is 0 Å². The zero-order chi connectivity index (χ0) is 11.3.